The highest BCUT2D eigenvalue weighted by atomic mass is 32.2. The van der Waals surface area contributed by atoms with Crippen LogP contribution in [0.5, 0.6) is 5.75 Å². The van der Waals surface area contributed by atoms with Crippen LogP contribution in [0.3, 0.4) is 0 Å². The van der Waals surface area contributed by atoms with Crippen LogP contribution in [0.25, 0.3) is 0 Å². The van der Waals surface area contributed by atoms with Crippen molar-refractivity contribution in [1.82, 2.24) is 5.32 Å². The maximum absolute atomic E-state index is 13.3. The van der Waals surface area contributed by atoms with E-state index in [2.05, 4.69) is 10.0 Å². The first-order valence-electron chi connectivity index (χ1n) is 10.3. The van der Waals surface area contributed by atoms with Crippen molar-refractivity contribution in [3.05, 3.63) is 59.4 Å². The van der Waals surface area contributed by atoms with Crippen LogP contribution in [0.2, 0.25) is 0 Å². The number of hydrogen-bond acceptors (Lipinski definition) is 6. The first kappa shape index (κ1) is 22.5. The number of halogens is 1. The lowest BCUT2D eigenvalue weighted by molar-refractivity contribution is -0.142. The predicted molar refractivity (Wildman–Crippen MR) is 115 cm³/mol. The van der Waals surface area contributed by atoms with Crippen LogP contribution in [0.4, 0.5) is 10.1 Å². The molecule has 0 bridgehead atoms. The van der Waals surface area contributed by atoms with Gasteiger partial charge in [-0.1, -0.05) is 12.1 Å². The highest BCUT2D eigenvalue weighted by molar-refractivity contribution is 7.92. The number of anilines is 1. The molecule has 1 amide bonds. The molecule has 0 radical (unpaired) electrons. The number of ether oxygens (including phenoxy) is 2. The zero-order valence-corrected chi connectivity index (χ0v) is 18.3. The van der Waals surface area contributed by atoms with Crippen molar-refractivity contribution in [3.8, 4) is 5.75 Å². The molecule has 1 saturated heterocycles. The van der Waals surface area contributed by atoms with Crippen LogP contribution < -0.4 is 14.8 Å². The number of carbonyl (C=O) groups excluding carboxylic acids is 1. The maximum atomic E-state index is 13.3. The molecule has 0 aromatic heterocycles. The Bertz CT molecular complexity index is 1110. The predicted octanol–water partition coefficient (Wildman–Crippen LogP) is 1.90. The smallest absolute Gasteiger partial charge is 0.229 e. The topological polar surface area (TPSA) is 114 Å². The van der Waals surface area contributed by atoms with Gasteiger partial charge in [-0.05, 0) is 42.3 Å². The lowest BCUT2D eigenvalue weighted by Crippen LogP contribution is -2.47. The van der Waals surface area contributed by atoms with Crippen molar-refractivity contribution < 1.29 is 32.2 Å². The van der Waals surface area contributed by atoms with E-state index in [-0.39, 0.29) is 37.2 Å². The summed E-state index contributed by atoms with van der Waals surface area (Å²) in [7, 11) is -3.43. The van der Waals surface area contributed by atoms with Crippen LogP contribution >= 0.6 is 0 Å². The molecule has 172 valence electrons. The quantitative estimate of drug-likeness (QED) is 0.577. The van der Waals surface area contributed by atoms with Gasteiger partial charge in [-0.15, -0.1) is 0 Å². The van der Waals surface area contributed by atoms with Crippen LogP contribution in [0.1, 0.15) is 29.9 Å². The summed E-state index contributed by atoms with van der Waals surface area (Å²) in [6.07, 6.45) is 0.134. The van der Waals surface area contributed by atoms with Gasteiger partial charge in [-0.25, -0.2) is 12.8 Å². The van der Waals surface area contributed by atoms with E-state index in [9.17, 15) is 22.7 Å². The molecular formula is C22H25FN2O6S. The fraction of sp³-hybridized carbons (Fsp3) is 0.409. The van der Waals surface area contributed by atoms with Crippen LogP contribution in [0, 0.1) is 5.82 Å². The first-order chi connectivity index (χ1) is 15.2. The third-order valence-electron chi connectivity index (χ3n) is 5.59. The minimum absolute atomic E-state index is 0.0750. The average molecular weight is 465 g/mol. The fourth-order valence-corrected chi connectivity index (χ4v) is 4.85. The second-order valence-electron chi connectivity index (χ2n) is 8.14. The van der Waals surface area contributed by atoms with E-state index in [1.54, 1.807) is 30.3 Å². The van der Waals surface area contributed by atoms with Gasteiger partial charge in [0, 0.05) is 23.7 Å². The lowest BCUT2D eigenvalue weighted by Gasteiger charge is -2.37. The highest BCUT2D eigenvalue weighted by Crippen LogP contribution is 2.47. The molecule has 4 rings (SSSR count). The minimum atomic E-state index is -3.43. The van der Waals surface area contributed by atoms with Gasteiger partial charge in [0.05, 0.1) is 25.4 Å². The number of fused-ring (bicyclic) bond motifs is 3. The van der Waals surface area contributed by atoms with Crippen molar-refractivity contribution in [2.75, 3.05) is 17.6 Å². The summed E-state index contributed by atoms with van der Waals surface area (Å²) < 4.78 is 50.8. The number of benzene rings is 2. The SMILES string of the molecule is CS(=O)(=O)Nc1ccc2c(c1)[C@@H]1C[C@H](CC(=O)NCc3cccc(F)c3)O[C@@H](CO)[C@@H]1O2. The van der Waals surface area contributed by atoms with Gasteiger partial charge in [-0.2, -0.15) is 0 Å². The van der Waals surface area contributed by atoms with Gasteiger partial charge in [0.25, 0.3) is 0 Å². The van der Waals surface area contributed by atoms with Crippen LogP contribution in [-0.4, -0.2) is 50.6 Å². The number of sulfonamides is 1. The van der Waals surface area contributed by atoms with E-state index >= 15 is 0 Å². The third-order valence-corrected chi connectivity index (χ3v) is 6.20. The Kier molecular flexibility index (Phi) is 6.36. The second-order valence-corrected chi connectivity index (χ2v) is 9.89. The largest absolute Gasteiger partial charge is 0.487 e. The van der Waals surface area contributed by atoms with Crippen molar-refractivity contribution in [1.29, 1.82) is 0 Å². The molecule has 2 aliphatic heterocycles. The van der Waals surface area contributed by atoms with Crippen molar-refractivity contribution in [2.24, 2.45) is 0 Å². The Morgan fingerprint density at radius 2 is 2.06 bits per heavy atom. The Labute approximate surface area is 185 Å². The molecule has 0 aliphatic carbocycles. The summed E-state index contributed by atoms with van der Waals surface area (Å²) in [6.45, 7) is -0.0731. The first-order valence-corrected chi connectivity index (χ1v) is 12.2. The number of amides is 1. The van der Waals surface area contributed by atoms with E-state index < -0.39 is 28.3 Å². The monoisotopic (exact) mass is 464 g/mol. The molecule has 2 aromatic rings. The van der Waals surface area contributed by atoms with Gasteiger partial charge in [0.1, 0.15) is 23.8 Å². The molecule has 2 aliphatic rings. The molecule has 2 heterocycles. The fourth-order valence-electron chi connectivity index (χ4n) is 4.29. The van der Waals surface area contributed by atoms with Gasteiger partial charge >= 0.3 is 0 Å². The average Bonchev–Trinajstić information content (AvgIpc) is 3.08. The summed E-state index contributed by atoms with van der Waals surface area (Å²) >= 11 is 0. The Morgan fingerprint density at radius 1 is 1.25 bits per heavy atom. The zero-order chi connectivity index (χ0) is 22.9. The standard InChI is InChI=1S/C22H25FN2O6S/c1-32(28,29)25-15-5-6-19-17(8-15)18-9-16(30-20(12-26)22(18)31-19)10-21(27)24-11-13-3-2-4-14(23)7-13/h2-8,16,18,20,22,25-26H,9-12H2,1H3,(H,24,27)/t16-,18+,20+,22-/m1/s1. The van der Waals surface area contributed by atoms with E-state index in [1.807, 2.05) is 0 Å². The molecule has 0 saturated carbocycles. The summed E-state index contributed by atoms with van der Waals surface area (Å²) in [6, 6.07) is 11.0. The van der Waals surface area contributed by atoms with Crippen molar-refractivity contribution in [3.63, 3.8) is 0 Å². The summed E-state index contributed by atoms with van der Waals surface area (Å²) in [5.41, 5.74) is 1.89. The third kappa shape index (κ3) is 5.20. The molecule has 0 spiro atoms. The van der Waals surface area contributed by atoms with E-state index in [4.69, 9.17) is 9.47 Å². The minimum Gasteiger partial charge on any atom is -0.487 e. The molecular weight excluding hydrogens is 439 g/mol. The molecule has 0 unspecified atom stereocenters. The van der Waals surface area contributed by atoms with Gasteiger partial charge in [0.2, 0.25) is 15.9 Å². The number of aliphatic hydroxyl groups is 1. The second kappa shape index (κ2) is 9.05. The van der Waals surface area contributed by atoms with Gasteiger partial charge in [-0.3, -0.25) is 9.52 Å². The Balaban J connectivity index is 1.44. The number of nitrogens with one attached hydrogen (secondary N) is 2. The normalized spacial score (nSPS) is 24.2. The van der Waals surface area contributed by atoms with Gasteiger partial charge < -0.3 is 19.9 Å². The Morgan fingerprint density at radius 3 is 2.78 bits per heavy atom. The molecule has 3 N–H and O–H groups in total. The lowest BCUT2D eigenvalue weighted by atomic mass is 9.84. The molecule has 32 heavy (non-hydrogen) atoms. The number of rotatable bonds is 7. The maximum Gasteiger partial charge on any atom is 0.229 e. The van der Waals surface area contributed by atoms with E-state index in [0.717, 1.165) is 11.8 Å². The van der Waals surface area contributed by atoms with Crippen LogP contribution in [-0.2, 0) is 26.1 Å². The molecule has 10 heteroatoms. The van der Waals surface area contributed by atoms with Gasteiger partial charge in [0.15, 0.2) is 0 Å². The molecule has 8 nitrogen and oxygen atoms in total. The Hall–Kier alpha value is -2.69. The van der Waals surface area contributed by atoms with Crippen LogP contribution in [0.15, 0.2) is 42.5 Å². The highest BCUT2D eigenvalue weighted by Gasteiger charge is 2.46. The molecule has 4 atom stereocenters. The number of hydrogen-bond donors (Lipinski definition) is 3. The van der Waals surface area contributed by atoms with Crippen molar-refractivity contribution in [2.45, 2.75) is 43.6 Å². The number of aliphatic hydroxyl groups excluding tert-OH is 1. The summed E-state index contributed by atoms with van der Waals surface area (Å²) in [5.74, 6) is -0.162. The zero-order valence-electron chi connectivity index (χ0n) is 17.5. The van der Waals surface area contributed by atoms with E-state index in [0.29, 0.717) is 23.4 Å². The summed E-state index contributed by atoms with van der Waals surface area (Å²) in [4.78, 5) is 12.5. The number of carbonyl (C=O) groups is 1. The molecule has 2 aromatic carbocycles. The van der Waals surface area contributed by atoms with E-state index in [1.165, 1.54) is 12.1 Å². The van der Waals surface area contributed by atoms with Crippen molar-refractivity contribution >= 4 is 21.6 Å². The summed E-state index contributed by atoms with van der Waals surface area (Å²) in [5, 5.41) is 12.6. The molecule has 1 fully saturated rings.